The highest BCUT2D eigenvalue weighted by Gasteiger charge is 2.19. The van der Waals surface area contributed by atoms with Crippen LogP contribution in [0.1, 0.15) is 19.5 Å². The largest absolute Gasteiger partial charge is 0.481 e. The van der Waals surface area contributed by atoms with Crippen molar-refractivity contribution >= 4 is 17.7 Å². The van der Waals surface area contributed by atoms with Crippen LogP contribution in [-0.4, -0.2) is 36.7 Å². The Morgan fingerprint density at radius 1 is 1.50 bits per heavy atom. The Bertz CT molecular complexity index is 606. The number of rotatable bonds is 6. The van der Waals surface area contributed by atoms with Gasteiger partial charge in [-0.2, -0.15) is 0 Å². The molecule has 0 fully saturated rings. The van der Waals surface area contributed by atoms with E-state index in [9.17, 15) is 4.79 Å². The Morgan fingerprint density at radius 3 is 2.80 bits per heavy atom. The average Bonchev–Trinajstić information content (AvgIpc) is 2.93. The molecule has 7 nitrogen and oxygen atoms in total. The molecule has 0 spiro atoms. The summed E-state index contributed by atoms with van der Waals surface area (Å²) >= 11 is 1.15. The van der Waals surface area contributed by atoms with Crippen molar-refractivity contribution in [3.63, 3.8) is 0 Å². The molecule has 8 heteroatoms. The van der Waals surface area contributed by atoms with Gasteiger partial charge in [0, 0.05) is 12.6 Å². The molecule has 2 heterocycles. The van der Waals surface area contributed by atoms with E-state index in [1.54, 1.807) is 6.07 Å². The Balaban J connectivity index is 2.33. The molecule has 2 aromatic rings. The van der Waals surface area contributed by atoms with Gasteiger partial charge in [-0.3, -0.25) is 9.36 Å². The van der Waals surface area contributed by atoms with Crippen LogP contribution in [0.4, 0.5) is 0 Å². The Kier molecular flexibility index (Phi) is 4.43. The van der Waals surface area contributed by atoms with Gasteiger partial charge >= 0.3 is 5.97 Å². The number of carboxylic acid groups (broad SMARTS) is 1. The summed E-state index contributed by atoms with van der Waals surface area (Å²) in [6.07, 6.45) is 0. The lowest BCUT2D eigenvalue weighted by molar-refractivity contribution is -0.133. The molecule has 1 N–H and O–H groups in total. The van der Waals surface area contributed by atoms with Crippen molar-refractivity contribution in [3.05, 3.63) is 11.8 Å². The molecule has 20 heavy (non-hydrogen) atoms. The number of aryl methyl sites for hydroxylation is 1. The highest BCUT2D eigenvalue weighted by molar-refractivity contribution is 7.99. The van der Waals surface area contributed by atoms with E-state index in [1.807, 2.05) is 11.5 Å². The monoisotopic (exact) mass is 296 g/mol. The minimum Gasteiger partial charge on any atom is -0.481 e. The third-order valence-corrected chi connectivity index (χ3v) is 3.39. The first-order valence-corrected chi connectivity index (χ1v) is 7.17. The molecule has 0 aromatic carbocycles. The Morgan fingerprint density at radius 2 is 2.25 bits per heavy atom. The van der Waals surface area contributed by atoms with E-state index in [4.69, 9.17) is 9.63 Å². The molecular formula is C12H16N4O3S. The maximum absolute atomic E-state index is 10.7. The molecule has 0 unspecified atom stereocenters. The van der Waals surface area contributed by atoms with Crippen LogP contribution in [0.3, 0.4) is 0 Å². The molecule has 108 valence electrons. The van der Waals surface area contributed by atoms with Crippen LogP contribution in [0.5, 0.6) is 0 Å². The SMILES string of the molecule is Cc1cc(-c2nnc(SCC(=O)O)n2CC(C)C)on1. The van der Waals surface area contributed by atoms with Crippen LogP contribution in [0.25, 0.3) is 11.6 Å². The van der Waals surface area contributed by atoms with Gasteiger partial charge in [0.25, 0.3) is 0 Å². The number of hydrogen-bond acceptors (Lipinski definition) is 6. The Hall–Kier alpha value is -1.83. The Labute approximate surface area is 120 Å². The third kappa shape index (κ3) is 3.38. The van der Waals surface area contributed by atoms with Crippen LogP contribution < -0.4 is 0 Å². The van der Waals surface area contributed by atoms with Gasteiger partial charge in [0.15, 0.2) is 5.16 Å². The molecule has 0 aliphatic carbocycles. The van der Waals surface area contributed by atoms with E-state index in [-0.39, 0.29) is 5.75 Å². The van der Waals surface area contributed by atoms with Gasteiger partial charge in [-0.15, -0.1) is 10.2 Å². The average molecular weight is 296 g/mol. The van der Waals surface area contributed by atoms with Gasteiger partial charge in [-0.25, -0.2) is 0 Å². The molecular weight excluding hydrogens is 280 g/mol. The maximum Gasteiger partial charge on any atom is 0.313 e. The number of hydrogen-bond donors (Lipinski definition) is 1. The van der Waals surface area contributed by atoms with E-state index >= 15 is 0 Å². The summed E-state index contributed by atoms with van der Waals surface area (Å²) in [5, 5.41) is 21.3. The van der Waals surface area contributed by atoms with Crippen LogP contribution in [0.2, 0.25) is 0 Å². The standard InChI is InChI=1S/C12H16N4O3S/c1-7(2)5-16-11(9-4-8(3)15-19-9)13-14-12(16)20-6-10(17)18/h4,7H,5-6H2,1-3H3,(H,17,18). The van der Waals surface area contributed by atoms with E-state index in [0.717, 1.165) is 17.5 Å². The zero-order valence-corrected chi connectivity index (χ0v) is 12.3. The third-order valence-electron chi connectivity index (χ3n) is 2.44. The summed E-state index contributed by atoms with van der Waals surface area (Å²) in [6.45, 7) is 6.66. The normalized spacial score (nSPS) is 11.2. The van der Waals surface area contributed by atoms with E-state index in [0.29, 0.717) is 29.2 Å². The lowest BCUT2D eigenvalue weighted by atomic mass is 10.2. The predicted molar refractivity (Wildman–Crippen MR) is 73.5 cm³/mol. The fourth-order valence-electron chi connectivity index (χ4n) is 1.70. The number of thioether (sulfide) groups is 1. The molecule has 2 rings (SSSR count). The lowest BCUT2D eigenvalue weighted by Gasteiger charge is -2.10. The second-order valence-corrected chi connectivity index (χ2v) is 5.77. The quantitative estimate of drug-likeness (QED) is 0.815. The van der Waals surface area contributed by atoms with Crippen LogP contribution in [0.15, 0.2) is 15.7 Å². The smallest absolute Gasteiger partial charge is 0.313 e. The molecule has 0 aliphatic rings. The predicted octanol–water partition coefficient (Wildman–Crippen LogP) is 2.07. The summed E-state index contributed by atoms with van der Waals surface area (Å²) < 4.78 is 7.09. The molecule has 0 atom stereocenters. The number of carbonyl (C=O) groups is 1. The molecule has 0 bridgehead atoms. The van der Waals surface area contributed by atoms with Gasteiger partial charge in [-0.05, 0) is 12.8 Å². The van der Waals surface area contributed by atoms with Crippen LogP contribution in [-0.2, 0) is 11.3 Å². The van der Waals surface area contributed by atoms with Gasteiger partial charge < -0.3 is 9.63 Å². The van der Waals surface area contributed by atoms with Gasteiger partial charge in [0.1, 0.15) is 0 Å². The van der Waals surface area contributed by atoms with Gasteiger partial charge in [-0.1, -0.05) is 30.8 Å². The minimum atomic E-state index is -0.883. The zero-order chi connectivity index (χ0) is 14.7. The van der Waals surface area contributed by atoms with E-state index in [2.05, 4.69) is 29.2 Å². The molecule has 0 aliphatic heterocycles. The van der Waals surface area contributed by atoms with Crippen molar-refractivity contribution in [3.8, 4) is 11.6 Å². The summed E-state index contributed by atoms with van der Waals surface area (Å²) in [7, 11) is 0. The topological polar surface area (TPSA) is 94.0 Å². The second-order valence-electron chi connectivity index (χ2n) is 4.83. The summed E-state index contributed by atoms with van der Waals surface area (Å²) in [6, 6.07) is 1.78. The summed E-state index contributed by atoms with van der Waals surface area (Å²) in [4.78, 5) is 10.7. The number of aromatic nitrogens is 4. The number of nitrogens with zero attached hydrogens (tertiary/aromatic N) is 4. The first-order chi connectivity index (χ1) is 9.47. The minimum absolute atomic E-state index is 0.0499. The van der Waals surface area contributed by atoms with Crippen molar-refractivity contribution in [2.75, 3.05) is 5.75 Å². The first kappa shape index (κ1) is 14.6. The van der Waals surface area contributed by atoms with E-state index in [1.165, 1.54) is 0 Å². The van der Waals surface area contributed by atoms with Gasteiger partial charge in [0.2, 0.25) is 11.6 Å². The van der Waals surface area contributed by atoms with Gasteiger partial charge in [0.05, 0.1) is 11.4 Å². The molecule has 0 amide bonds. The molecule has 0 radical (unpaired) electrons. The maximum atomic E-state index is 10.7. The van der Waals surface area contributed by atoms with Crippen molar-refractivity contribution in [2.45, 2.75) is 32.5 Å². The van der Waals surface area contributed by atoms with E-state index < -0.39 is 5.97 Å². The highest BCUT2D eigenvalue weighted by Crippen LogP contribution is 2.25. The van der Waals surface area contributed by atoms with Crippen LogP contribution >= 0.6 is 11.8 Å². The lowest BCUT2D eigenvalue weighted by Crippen LogP contribution is -2.08. The van der Waals surface area contributed by atoms with Crippen molar-refractivity contribution in [2.24, 2.45) is 5.92 Å². The number of carboxylic acids is 1. The molecule has 0 saturated carbocycles. The van der Waals surface area contributed by atoms with Crippen molar-refractivity contribution in [1.82, 2.24) is 19.9 Å². The zero-order valence-electron chi connectivity index (χ0n) is 11.5. The highest BCUT2D eigenvalue weighted by atomic mass is 32.2. The summed E-state index contributed by atoms with van der Waals surface area (Å²) in [5.41, 5.74) is 0.763. The van der Waals surface area contributed by atoms with Crippen molar-refractivity contribution < 1.29 is 14.4 Å². The molecule has 0 saturated heterocycles. The first-order valence-electron chi connectivity index (χ1n) is 6.19. The van der Waals surface area contributed by atoms with Crippen LogP contribution in [0, 0.1) is 12.8 Å². The second kappa shape index (κ2) is 6.08. The summed E-state index contributed by atoms with van der Waals surface area (Å²) in [5.74, 6) is 0.556. The fraction of sp³-hybridized carbons (Fsp3) is 0.500. The van der Waals surface area contributed by atoms with Crippen molar-refractivity contribution in [1.29, 1.82) is 0 Å². The molecule has 2 aromatic heterocycles. The number of aliphatic carboxylic acids is 1. The fourth-order valence-corrected chi connectivity index (χ4v) is 2.37.